The van der Waals surface area contributed by atoms with Crippen LogP contribution in [-0.4, -0.2) is 25.7 Å². The number of nitrogens with one attached hydrogen (secondary N) is 2. The normalized spacial score (nSPS) is 43.6. The molecule has 2 bridgehead atoms. The predicted octanol–water partition coefficient (Wildman–Crippen LogP) is 4.06. The molecular formula is C20H38N2. The monoisotopic (exact) mass is 306 g/mol. The summed E-state index contributed by atoms with van der Waals surface area (Å²) in [6, 6.07) is 0.756. The van der Waals surface area contributed by atoms with E-state index in [1.54, 1.807) is 0 Å². The molecule has 0 heterocycles. The maximum atomic E-state index is 3.81. The second-order valence-corrected chi connectivity index (χ2v) is 9.23. The largest absolute Gasteiger partial charge is 0.315 e. The molecule has 2 heteroatoms. The summed E-state index contributed by atoms with van der Waals surface area (Å²) in [7, 11) is 0. The first-order chi connectivity index (χ1) is 10.5. The molecule has 0 saturated heterocycles. The van der Waals surface area contributed by atoms with Gasteiger partial charge in [-0.2, -0.15) is 0 Å². The molecule has 4 aliphatic carbocycles. The quantitative estimate of drug-likeness (QED) is 0.723. The van der Waals surface area contributed by atoms with Crippen molar-refractivity contribution in [2.24, 2.45) is 35.0 Å². The van der Waals surface area contributed by atoms with E-state index in [0.717, 1.165) is 48.7 Å². The van der Waals surface area contributed by atoms with Gasteiger partial charge in [-0.3, -0.25) is 0 Å². The summed E-state index contributed by atoms with van der Waals surface area (Å²) in [4.78, 5) is 0. The average molecular weight is 307 g/mol. The molecule has 2 nitrogen and oxygen atoms in total. The van der Waals surface area contributed by atoms with E-state index in [-0.39, 0.29) is 0 Å². The highest BCUT2D eigenvalue weighted by atomic mass is 15.0. The van der Waals surface area contributed by atoms with E-state index < -0.39 is 0 Å². The van der Waals surface area contributed by atoms with Crippen LogP contribution in [-0.2, 0) is 0 Å². The first-order valence-electron chi connectivity index (χ1n) is 9.94. The maximum Gasteiger partial charge on any atom is 0.00957 e. The molecule has 22 heavy (non-hydrogen) atoms. The van der Waals surface area contributed by atoms with Crippen LogP contribution in [0.3, 0.4) is 0 Å². The van der Waals surface area contributed by atoms with Crippen molar-refractivity contribution in [1.29, 1.82) is 0 Å². The molecule has 2 N–H and O–H groups in total. The van der Waals surface area contributed by atoms with E-state index >= 15 is 0 Å². The summed E-state index contributed by atoms with van der Waals surface area (Å²) >= 11 is 0. The predicted molar refractivity (Wildman–Crippen MR) is 94.9 cm³/mol. The molecule has 0 aromatic heterocycles. The first-order valence-corrected chi connectivity index (χ1v) is 9.94. The Balaban J connectivity index is 1.31. The summed E-state index contributed by atoms with van der Waals surface area (Å²) in [5, 5.41) is 7.57. The zero-order valence-electron chi connectivity index (χ0n) is 15.3. The lowest BCUT2D eigenvalue weighted by atomic mass is 9.45. The standard InChI is InChI=1S/C20H38N2/c1-14-6-5-7-19(15(14)2)22-11-10-21-13-16-8-9-17-12-18(16)20(17,3)4/h14-19,21-22H,5-13H2,1-4H3/t14?,15?,16?,17-,18-,19?/m0/s1. The highest BCUT2D eigenvalue weighted by molar-refractivity contribution is 5.03. The van der Waals surface area contributed by atoms with Crippen molar-refractivity contribution in [2.45, 2.75) is 72.3 Å². The fourth-order valence-electron chi connectivity index (χ4n) is 5.71. The Morgan fingerprint density at radius 3 is 2.55 bits per heavy atom. The highest BCUT2D eigenvalue weighted by Crippen LogP contribution is 2.61. The summed E-state index contributed by atoms with van der Waals surface area (Å²) in [6.07, 6.45) is 8.68. The maximum absolute atomic E-state index is 3.81. The van der Waals surface area contributed by atoms with Crippen LogP contribution < -0.4 is 10.6 Å². The van der Waals surface area contributed by atoms with Crippen LogP contribution in [0.1, 0.15) is 66.2 Å². The van der Waals surface area contributed by atoms with Gasteiger partial charge in [-0.1, -0.05) is 40.5 Å². The van der Waals surface area contributed by atoms with Gasteiger partial charge < -0.3 is 10.6 Å². The average Bonchev–Trinajstić information content (AvgIpc) is 2.51. The third-order valence-corrected chi connectivity index (χ3v) is 7.82. The number of fused-ring (bicyclic) bond motifs is 2. The van der Waals surface area contributed by atoms with Crippen molar-refractivity contribution >= 4 is 0 Å². The fourth-order valence-corrected chi connectivity index (χ4v) is 5.71. The minimum absolute atomic E-state index is 0.635. The third kappa shape index (κ3) is 3.24. The Morgan fingerprint density at radius 1 is 1.00 bits per heavy atom. The Bertz CT molecular complexity index is 363. The molecule has 6 atom stereocenters. The van der Waals surface area contributed by atoms with E-state index in [2.05, 4.69) is 38.3 Å². The molecule has 0 spiro atoms. The van der Waals surface area contributed by atoms with E-state index in [1.165, 1.54) is 45.1 Å². The second kappa shape index (κ2) is 6.81. The Hall–Kier alpha value is -0.0800. The molecule has 0 aliphatic heterocycles. The number of hydrogen-bond donors (Lipinski definition) is 2. The van der Waals surface area contributed by atoms with E-state index in [0.29, 0.717) is 5.41 Å². The lowest BCUT2D eigenvalue weighted by molar-refractivity contribution is -0.103. The van der Waals surface area contributed by atoms with Crippen LogP contribution in [0.25, 0.3) is 0 Å². The molecule has 128 valence electrons. The third-order valence-electron chi connectivity index (χ3n) is 7.82. The zero-order valence-corrected chi connectivity index (χ0v) is 15.3. The smallest absolute Gasteiger partial charge is 0.00957 e. The molecule has 0 aromatic rings. The zero-order chi connectivity index (χ0) is 15.7. The molecule has 0 amide bonds. The SMILES string of the molecule is CC1CCCC(NCCNCC2CC[C@H]3C[C@@H]2C3(C)C)C1C. The van der Waals surface area contributed by atoms with Gasteiger partial charge in [-0.25, -0.2) is 0 Å². The van der Waals surface area contributed by atoms with Crippen LogP contribution in [0.2, 0.25) is 0 Å². The van der Waals surface area contributed by atoms with Crippen LogP contribution in [0.15, 0.2) is 0 Å². The minimum atomic E-state index is 0.635. The van der Waals surface area contributed by atoms with Gasteiger partial charge in [-0.15, -0.1) is 0 Å². The van der Waals surface area contributed by atoms with E-state index in [9.17, 15) is 0 Å². The van der Waals surface area contributed by atoms with Gasteiger partial charge in [0.15, 0.2) is 0 Å². The van der Waals surface area contributed by atoms with Crippen molar-refractivity contribution in [2.75, 3.05) is 19.6 Å². The Labute approximate surface area is 138 Å². The van der Waals surface area contributed by atoms with Crippen LogP contribution in [0, 0.1) is 35.0 Å². The second-order valence-electron chi connectivity index (χ2n) is 9.23. The molecular weight excluding hydrogens is 268 g/mol. The van der Waals surface area contributed by atoms with Gasteiger partial charge in [0.1, 0.15) is 0 Å². The molecule has 0 radical (unpaired) electrons. The van der Waals surface area contributed by atoms with E-state index in [1.807, 2.05) is 0 Å². The van der Waals surface area contributed by atoms with Crippen LogP contribution in [0.4, 0.5) is 0 Å². The van der Waals surface area contributed by atoms with Crippen molar-refractivity contribution in [3.05, 3.63) is 0 Å². The van der Waals surface area contributed by atoms with E-state index in [4.69, 9.17) is 0 Å². The van der Waals surface area contributed by atoms with Gasteiger partial charge >= 0.3 is 0 Å². The van der Waals surface area contributed by atoms with Crippen LogP contribution in [0.5, 0.6) is 0 Å². The van der Waals surface area contributed by atoms with Gasteiger partial charge in [-0.05, 0) is 67.2 Å². The molecule has 4 saturated carbocycles. The summed E-state index contributed by atoms with van der Waals surface area (Å²) in [5.41, 5.74) is 0.635. The highest BCUT2D eigenvalue weighted by Gasteiger charge is 2.53. The van der Waals surface area contributed by atoms with Gasteiger partial charge in [0.25, 0.3) is 0 Å². The molecule has 4 rings (SSSR count). The summed E-state index contributed by atoms with van der Waals surface area (Å²) in [5.74, 6) is 4.71. The van der Waals surface area contributed by atoms with Crippen molar-refractivity contribution < 1.29 is 0 Å². The minimum Gasteiger partial charge on any atom is -0.315 e. The molecule has 4 aliphatic rings. The Morgan fingerprint density at radius 2 is 1.82 bits per heavy atom. The summed E-state index contributed by atoms with van der Waals surface area (Å²) in [6.45, 7) is 13.4. The van der Waals surface area contributed by atoms with Gasteiger partial charge in [0, 0.05) is 19.1 Å². The topological polar surface area (TPSA) is 24.1 Å². The molecule has 0 aromatic carbocycles. The lowest BCUT2D eigenvalue weighted by Gasteiger charge is -2.60. The number of rotatable bonds is 6. The summed E-state index contributed by atoms with van der Waals surface area (Å²) < 4.78 is 0. The van der Waals surface area contributed by atoms with Crippen molar-refractivity contribution in [3.8, 4) is 0 Å². The van der Waals surface area contributed by atoms with Crippen molar-refractivity contribution in [3.63, 3.8) is 0 Å². The number of hydrogen-bond acceptors (Lipinski definition) is 2. The lowest BCUT2D eigenvalue weighted by Crippen LogP contribution is -2.54. The molecule has 4 unspecified atom stereocenters. The Kier molecular flexibility index (Phi) is 5.19. The fraction of sp³-hybridized carbons (Fsp3) is 1.00. The molecule has 4 fully saturated rings. The first kappa shape index (κ1) is 16.8. The van der Waals surface area contributed by atoms with Gasteiger partial charge in [0.2, 0.25) is 0 Å². The van der Waals surface area contributed by atoms with Crippen molar-refractivity contribution in [1.82, 2.24) is 10.6 Å². The van der Waals surface area contributed by atoms with Crippen LogP contribution >= 0.6 is 0 Å². The van der Waals surface area contributed by atoms with Gasteiger partial charge in [0.05, 0.1) is 0 Å².